The Hall–Kier alpha value is -1.51. The highest BCUT2D eigenvalue weighted by molar-refractivity contribution is 7.52. The summed E-state index contributed by atoms with van der Waals surface area (Å²) in [6, 6.07) is 6.22. The van der Waals surface area contributed by atoms with Crippen LogP contribution in [0.5, 0.6) is 0 Å². The maximum absolute atomic E-state index is 11.8. The highest BCUT2D eigenvalue weighted by Gasteiger charge is 2.33. The molecule has 1 atom stereocenters. The largest absolute Gasteiger partial charge is 0.368 e. The molecular formula is C14H21N3O7P2. The maximum Gasteiger partial charge on any atom is 0.339 e. The average Bonchev–Trinajstić information content (AvgIpc) is 2.87. The molecule has 12 heteroatoms. The number of carbonyl (C=O) groups is 1. The van der Waals surface area contributed by atoms with Crippen molar-refractivity contribution in [3.63, 3.8) is 0 Å². The Morgan fingerprint density at radius 3 is 2.23 bits per heavy atom. The van der Waals surface area contributed by atoms with Crippen LogP contribution in [0.2, 0.25) is 0 Å². The van der Waals surface area contributed by atoms with Crippen molar-refractivity contribution >= 4 is 32.0 Å². The number of primary amides is 1. The molecule has 1 aromatic carbocycles. The Kier molecular flexibility index (Phi) is 6.42. The van der Waals surface area contributed by atoms with Gasteiger partial charge in [-0.25, -0.2) is 0 Å². The Balaban J connectivity index is 2.22. The number of rotatable bonds is 9. The number of para-hydroxylation sites is 1. The smallest absolute Gasteiger partial charge is 0.339 e. The topological polar surface area (TPSA) is 177 Å². The minimum absolute atomic E-state index is 0.0528. The van der Waals surface area contributed by atoms with Crippen molar-refractivity contribution in [2.24, 2.45) is 5.73 Å². The molecule has 0 unspecified atom stereocenters. The second-order valence-electron chi connectivity index (χ2n) is 6.02. The molecular weight excluding hydrogens is 384 g/mol. The summed E-state index contributed by atoms with van der Waals surface area (Å²) in [5.41, 5.74) is 7.08. The number of aromatic amines is 1. The zero-order chi connectivity index (χ0) is 19.5. The molecule has 0 saturated carbocycles. The van der Waals surface area contributed by atoms with Crippen molar-refractivity contribution in [1.29, 1.82) is 0 Å². The SMILES string of the molecule is NC(=O)[C@H](CCc1c[nH]c2ccccc12)N(CP(=O)(O)O)CP(=O)(O)O. The number of nitrogens with two attached hydrogens (primary N) is 1. The van der Waals surface area contributed by atoms with Crippen LogP contribution >= 0.6 is 15.2 Å². The molecule has 0 saturated heterocycles. The number of nitrogens with one attached hydrogen (secondary N) is 1. The van der Waals surface area contributed by atoms with Gasteiger partial charge in [-0.3, -0.25) is 18.8 Å². The van der Waals surface area contributed by atoms with Crippen molar-refractivity contribution in [3.05, 3.63) is 36.0 Å². The van der Waals surface area contributed by atoms with E-state index in [-0.39, 0.29) is 6.42 Å². The fourth-order valence-corrected chi connectivity index (χ4v) is 4.55. The van der Waals surface area contributed by atoms with Gasteiger partial charge in [0.2, 0.25) is 5.91 Å². The highest BCUT2D eigenvalue weighted by Crippen LogP contribution is 2.42. The van der Waals surface area contributed by atoms with Crippen LogP contribution in [0.3, 0.4) is 0 Å². The summed E-state index contributed by atoms with van der Waals surface area (Å²) in [5.74, 6) is -0.910. The van der Waals surface area contributed by atoms with E-state index in [2.05, 4.69) is 4.98 Å². The lowest BCUT2D eigenvalue weighted by molar-refractivity contribution is -0.122. The van der Waals surface area contributed by atoms with Crippen LogP contribution in [-0.4, -0.2) is 54.0 Å². The molecule has 2 rings (SSSR count). The van der Waals surface area contributed by atoms with Crippen LogP contribution in [0.15, 0.2) is 30.5 Å². The average molecular weight is 405 g/mol. The van der Waals surface area contributed by atoms with E-state index in [1.807, 2.05) is 24.3 Å². The number of hydrogen-bond donors (Lipinski definition) is 6. The molecule has 0 fully saturated rings. The van der Waals surface area contributed by atoms with Crippen molar-refractivity contribution in [2.45, 2.75) is 18.9 Å². The number of benzene rings is 1. The number of amides is 1. The molecule has 0 bridgehead atoms. The molecule has 1 heterocycles. The van der Waals surface area contributed by atoms with Gasteiger partial charge in [0, 0.05) is 17.1 Å². The lowest BCUT2D eigenvalue weighted by Crippen LogP contribution is -2.45. The van der Waals surface area contributed by atoms with Crippen LogP contribution in [0.1, 0.15) is 12.0 Å². The zero-order valence-corrected chi connectivity index (χ0v) is 15.5. The fraction of sp³-hybridized carbons (Fsp3) is 0.357. The molecule has 0 aliphatic heterocycles. The van der Waals surface area contributed by atoms with Gasteiger partial charge in [0.1, 0.15) is 12.6 Å². The van der Waals surface area contributed by atoms with Crippen LogP contribution in [-0.2, 0) is 20.3 Å². The van der Waals surface area contributed by atoms with E-state index in [0.29, 0.717) is 6.42 Å². The van der Waals surface area contributed by atoms with Gasteiger partial charge in [-0.05, 0) is 24.5 Å². The lowest BCUT2D eigenvalue weighted by Gasteiger charge is -2.29. The van der Waals surface area contributed by atoms with Gasteiger partial charge >= 0.3 is 15.2 Å². The predicted octanol–water partition coefficient (Wildman–Crippen LogP) is 0.527. The van der Waals surface area contributed by atoms with Gasteiger partial charge in [0.05, 0.1) is 6.04 Å². The first-order valence-corrected chi connectivity index (χ1v) is 11.2. The van der Waals surface area contributed by atoms with Crippen molar-refractivity contribution in [1.82, 2.24) is 9.88 Å². The lowest BCUT2D eigenvalue weighted by atomic mass is 10.0. The standard InChI is InChI=1S/C14H21N3O7P2/c15-14(18)13(17(8-25(19,20)21)9-26(22,23)24)6-5-10-7-16-12-4-2-1-3-11(10)12/h1-4,7,13,16H,5-6,8-9H2,(H2,15,18)(H2,19,20,21)(H2,22,23,24)/t13-/m0/s1. The van der Waals surface area contributed by atoms with E-state index < -0.39 is 39.7 Å². The number of H-pyrrole nitrogens is 1. The molecule has 7 N–H and O–H groups in total. The number of nitrogens with zero attached hydrogens (tertiary/aromatic N) is 1. The fourth-order valence-electron chi connectivity index (χ4n) is 2.85. The van der Waals surface area contributed by atoms with Crippen molar-refractivity contribution in [3.8, 4) is 0 Å². The van der Waals surface area contributed by atoms with Gasteiger partial charge < -0.3 is 30.3 Å². The first-order chi connectivity index (χ1) is 12.0. The predicted molar refractivity (Wildman–Crippen MR) is 95.3 cm³/mol. The van der Waals surface area contributed by atoms with Gasteiger partial charge in [-0.15, -0.1) is 0 Å². The third kappa shape index (κ3) is 6.03. The number of hydrogen-bond acceptors (Lipinski definition) is 4. The minimum Gasteiger partial charge on any atom is -0.368 e. The van der Waals surface area contributed by atoms with Crippen molar-refractivity contribution < 1.29 is 33.5 Å². The van der Waals surface area contributed by atoms with Gasteiger partial charge in [0.15, 0.2) is 0 Å². The van der Waals surface area contributed by atoms with Crippen molar-refractivity contribution in [2.75, 3.05) is 12.6 Å². The van der Waals surface area contributed by atoms with E-state index in [4.69, 9.17) is 25.3 Å². The molecule has 1 aromatic heterocycles. The third-order valence-electron chi connectivity index (χ3n) is 3.86. The van der Waals surface area contributed by atoms with Gasteiger partial charge in [0.25, 0.3) is 0 Å². The molecule has 0 aliphatic carbocycles. The molecule has 2 aromatic rings. The van der Waals surface area contributed by atoms with E-state index in [9.17, 15) is 13.9 Å². The summed E-state index contributed by atoms with van der Waals surface area (Å²) in [6.07, 6.45) is 0.186. The first-order valence-electron chi connectivity index (χ1n) is 7.64. The number of fused-ring (bicyclic) bond motifs is 1. The Labute approximate surface area is 149 Å². The summed E-state index contributed by atoms with van der Waals surface area (Å²) in [7, 11) is -9.31. The van der Waals surface area contributed by atoms with E-state index in [0.717, 1.165) is 21.4 Å². The molecule has 0 radical (unpaired) electrons. The van der Waals surface area contributed by atoms with E-state index >= 15 is 0 Å². The first kappa shape index (κ1) is 20.8. The van der Waals surface area contributed by atoms with E-state index in [1.165, 1.54) is 0 Å². The number of aryl methyl sites for hydroxylation is 1. The van der Waals surface area contributed by atoms with E-state index in [1.54, 1.807) is 6.20 Å². The number of aromatic nitrogens is 1. The molecule has 0 aliphatic rings. The summed E-state index contributed by atoms with van der Waals surface area (Å²) >= 11 is 0. The summed E-state index contributed by atoms with van der Waals surface area (Å²) < 4.78 is 22.6. The van der Waals surface area contributed by atoms with Crippen LogP contribution < -0.4 is 5.73 Å². The molecule has 0 spiro atoms. The summed E-state index contributed by atoms with van der Waals surface area (Å²) in [6.45, 7) is 0. The third-order valence-corrected chi connectivity index (χ3v) is 5.33. The minimum atomic E-state index is -4.66. The molecule has 144 valence electrons. The maximum atomic E-state index is 11.8. The monoisotopic (exact) mass is 405 g/mol. The van der Waals surface area contributed by atoms with Crippen LogP contribution in [0.4, 0.5) is 0 Å². The molecule has 26 heavy (non-hydrogen) atoms. The summed E-state index contributed by atoms with van der Waals surface area (Å²) in [5, 5.41) is 0.923. The number of carbonyl (C=O) groups excluding carboxylic acids is 1. The van der Waals surface area contributed by atoms with Crippen LogP contribution in [0, 0.1) is 0 Å². The molecule has 10 nitrogen and oxygen atoms in total. The quantitative estimate of drug-likeness (QED) is 0.327. The Morgan fingerprint density at radius 2 is 1.69 bits per heavy atom. The second-order valence-corrected chi connectivity index (χ2v) is 9.24. The summed E-state index contributed by atoms with van der Waals surface area (Å²) in [4.78, 5) is 52.3. The Morgan fingerprint density at radius 1 is 1.12 bits per heavy atom. The Bertz CT molecular complexity index is 848. The van der Waals surface area contributed by atoms with Gasteiger partial charge in [-0.2, -0.15) is 0 Å². The van der Waals surface area contributed by atoms with Crippen LogP contribution in [0.25, 0.3) is 10.9 Å². The highest BCUT2D eigenvalue weighted by atomic mass is 31.2. The zero-order valence-electron chi connectivity index (χ0n) is 13.7. The van der Waals surface area contributed by atoms with Gasteiger partial charge in [-0.1, -0.05) is 18.2 Å². The molecule has 1 amide bonds. The second kappa shape index (κ2) is 8.02. The normalized spacial score (nSPS) is 14.0.